The van der Waals surface area contributed by atoms with Gasteiger partial charge in [0.15, 0.2) is 5.36 Å². The van der Waals surface area contributed by atoms with Crippen LogP contribution in [0.15, 0.2) is 91.0 Å². The highest BCUT2D eigenvalue weighted by Crippen LogP contribution is 2.43. The highest BCUT2D eigenvalue weighted by atomic mass is 32.1. The molecule has 0 saturated carbocycles. The van der Waals surface area contributed by atoms with Gasteiger partial charge < -0.3 is 5.73 Å². The Morgan fingerprint density at radius 2 is 1.39 bits per heavy atom. The summed E-state index contributed by atoms with van der Waals surface area (Å²) in [4.78, 5) is 1.17. The quantitative estimate of drug-likeness (QED) is 0.342. The Morgan fingerprint density at radius 1 is 0.679 bits per heavy atom. The van der Waals surface area contributed by atoms with Crippen molar-refractivity contribution in [2.45, 2.75) is 0 Å². The van der Waals surface area contributed by atoms with Crippen LogP contribution in [0.4, 0.5) is 5.69 Å². The van der Waals surface area contributed by atoms with E-state index in [9.17, 15) is 0 Å². The fraction of sp³-hybridized carbons (Fsp3) is 0. The van der Waals surface area contributed by atoms with Gasteiger partial charge in [0.2, 0.25) is 0 Å². The summed E-state index contributed by atoms with van der Waals surface area (Å²) in [7, 11) is 0. The van der Waals surface area contributed by atoms with Gasteiger partial charge in [-0.3, -0.25) is 5.41 Å². The average molecular weight is 380 g/mol. The molecule has 1 aliphatic heterocycles. The number of hydrogen-bond donors (Lipinski definition) is 2. The van der Waals surface area contributed by atoms with E-state index in [-0.39, 0.29) is 0 Å². The summed E-state index contributed by atoms with van der Waals surface area (Å²) in [5.74, 6) is 0. The molecule has 134 valence electrons. The second-order valence-electron chi connectivity index (χ2n) is 6.93. The monoisotopic (exact) mass is 379 g/mol. The van der Waals surface area contributed by atoms with E-state index in [1.807, 2.05) is 30.3 Å². The molecule has 0 saturated heterocycles. The van der Waals surface area contributed by atoms with E-state index in [1.54, 1.807) is 11.3 Å². The van der Waals surface area contributed by atoms with E-state index in [2.05, 4.69) is 60.7 Å². The van der Waals surface area contributed by atoms with Gasteiger partial charge in [0.05, 0.1) is 0 Å². The Balaban J connectivity index is 1.76. The van der Waals surface area contributed by atoms with Gasteiger partial charge in [-0.2, -0.15) is 0 Å². The van der Waals surface area contributed by atoms with E-state index in [0.29, 0.717) is 0 Å². The first kappa shape index (κ1) is 16.7. The second-order valence-corrected chi connectivity index (χ2v) is 8.02. The standard InChI is InChI=1S/C25H18N2S/c26-19-10-12-21-23(14-19)28-24-15-20(27)11-13-22(24)25(21)18-8-6-17(7-9-18)16-4-2-1-3-5-16/h1-15,26H,27H2/p+1. The lowest BCUT2D eigenvalue weighted by atomic mass is 9.94. The van der Waals surface area contributed by atoms with Crippen molar-refractivity contribution in [2.75, 3.05) is 5.73 Å². The third-order valence-corrected chi connectivity index (χ3v) is 6.17. The second kappa shape index (κ2) is 6.63. The first-order chi connectivity index (χ1) is 13.7. The van der Waals surface area contributed by atoms with Crippen LogP contribution in [-0.2, 0) is 0 Å². The van der Waals surface area contributed by atoms with Crippen molar-refractivity contribution in [3.05, 3.63) is 96.4 Å². The number of rotatable bonds is 2. The number of nitrogens with two attached hydrogens (primary N) is 2. The molecule has 0 fully saturated rings. The summed E-state index contributed by atoms with van der Waals surface area (Å²) in [5.41, 5.74) is 12.9. The van der Waals surface area contributed by atoms with E-state index in [0.717, 1.165) is 11.0 Å². The maximum absolute atomic E-state index is 6.05. The highest BCUT2D eigenvalue weighted by molar-refractivity contribution is 7.21. The lowest BCUT2D eigenvalue weighted by Gasteiger charge is -2.16. The van der Waals surface area contributed by atoms with E-state index < -0.39 is 0 Å². The Morgan fingerprint density at radius 3 is 2.18 bits per heavy atom. The van der Waals surface area contributed by atoms with E-state index in [1.165, 1.54) is 42.8 Å². The van der Waals surface area contributed by atoms with Crippen molar-refractivity contribution in [3.63, 3.8) is 0 Å². The van der Waals surface area contributed by atoms with Crippen LogP contribution in [0.5, 0.6) is 0 Å². The van der Waals surface area contributed by atoms with Crippen molar-refractivity contribution < 1.29 is 5.41 Å². The van der Waals surface area contributed by atoms with Gasteiger partial charge in [0.1, 0.15) is 0 Å². The van der Waals surface area contributed by atoms with E-state index in [4.69, 9.17) is 11.1 Å². The predicted octanol–water partition coefficient (Wildman–Crippen LogP) is 4.58. The van der Waals surface area contributed by atoms with Gasteiger partial charge in [0.25, 0.3) is 0 Å². The van der Waals surface area contributed by atoms with Crippen LogP contribution in [0, 0.1) is 0 Å². The number of benzene rings is 4. The van der Waals surface area contributed by atoms with Gasteiger partial charge in [-0.05, 0) is 40.5 Å². The van der Waals surface area contributed by atoms with Crippen LogP contribution in [0.25, 0.3) is 42.8 Å². The van der Waals surface area contributed by atoms with Crippen molar-refractivity contribution in [3.8, 4) is 32.7 Å². The van der Waals surface area contributed by atoms with Crippen LogP contribution in [0.1, 0.15) is 0 Å². The molecular formula is C25H19N2S+. The van der Waals surface area contributed by atoms with Gasteiger partial charge in [0, 0.05) is 38.3 Å². The minimum Gasteiger partial charge on any atom is -0.399 e. The molecule has 0 amide bonds. The minimum atomic E-state index is 0.775. The summed E-state index contributed by atoms with van der Waals surface area (Å²) < 4.78 is 1.17. The zero-order valence-electron chi connectivity index (χ0n) is 15.2. The fourth-order valence-electron chi connectivity index (χ4n) is 3.69. The van der Waals surface area contributed by atoms with E-state index >= 15 is 0 Å². The highest BCUT2D eigenvalue weighted by Gasteiger charge is 2.16. The third-order valence-electron chi connectivity index (χ3n) is 5.05. The molecule has 0 aromatic heterocycles. The van der Waals surface area contributed by atoms with Crippen LogP contribution in [-0.4, -0.2) is 0 Å². The third kappa shape index (κ3) is 2.86. The summed E-state index contributed by atoms with van der Waals surface area (Å²) in [6, 6.07) is 31.5. The van der Waals surface area contributed by atoms with Gasteiger partial charge >= 0.3 is 0 Å². The molecular weight excluding hydrogens is 360 g/mol. The number of fused-ring (bicyclic) bond motifs is 2. The smallest absolute Gasteiger partial charge is 0.198 e. The minimum absolute atomic E-state index is 0.775. The Bertz CT molecular complexity index is 1320. The summed E-state index contributed by atoms with van der Waals surface area (Å²) in [6.07, 6.45) is 0. The Hall–Kier alpha value is -3.43. The zero-order valence-corrected chi connectivity index (χ0v) is 16.0. The molecule has 5 rings (SSSR count). The Labute approximate surface area is 167 Å². The summed E-state index contributed by atoms with van der Waals surface area (Å²) in [6.45, 7) is 0. The zero-order chi connectivity index (χ0) is 19.1. The summed E-state index contributed by atoms with van der Waals surface area (Å²) >= 11 is 1.73. The lowest BCUT2D eigenvalue weighted by molar-refractivity contribution is -0.172. The molecule has 0 radical (unpaired) electrons. The fourth-order valence-corrected chi connectivity index (χ4v) is 4.88. The average Bonchev–Trinajstić information content (AvgIpc) is 2.72. The predicted molar refractivity (Wildman–Crippen MR) is 119 cm³/mol. The molecule has 0 atom stereocenters. The molecule has 0 bridgehead atoms. The van der Waals surface area contributed by atoms with Crippen molar-refractivity contribution in [1.29, 1.82) is 0 Å². The molecule has 4 N–H and O–H groups in total. The normalized spacial score (nSPS) is 11.1. The maximum Gasteiger partial charge on any atom is 0.198 e. The SMILES string of the molecule is Nc1ccc2c(-c3ccc(-c4ccccc4)cc3)c3ccc(=[NH2+])cc-3sc2c1. The topological polar surface area (TPSA) is 51.6 Å². The van der Waals surface area contributed by atoms with Crippen LogP contribution >= 0.6 is 11.3 Å². The maximum atomic E-state index is 6.05. The number of nitrogen functional groups attached to an aromatic ring is 1. The number of hydrogen-bond acceptors (Lipinski definition) is 2. The van der Waals surface area contributed by atoms with Crippen molar-refractivity contribution >= 4 is 27.1 Å². The molecule has 1 heterocycles. The summed E-state index contributed by atoms with van der Waals surface area (Å²) in [5, 5.41) is 8.04. The first-order valence-electron chi connectivity index (χ1n) is 9.19. The molecule has 28 heavy (non-hydrogen) atoms. The molecule has 1 aliphatic carbocycles. The lowest BCUT2D eigenvalue weighted by Crippen LogP contribution is -2.44. The van der Waals surface area contributed by atoms with Crippen LogP contribution < -0.4 is 16.5 Å². The molecule has 2 nitrogen and oxygen atoms in total. The van der Waals surface area contributed by atoms with Gasteiger partial charge in [-0.15, -0.1) is 11.3 Å². The van der Waals surface area contributed by atoms with Crippen LogP contribution in [0.3, 0.4) is 0 Å². The largest absolute Gasteiger partial charge is 0.399 e. The first-order valence-corrected chi connectivity index (χ1v) is 10.0. The van der Waals surface area contributed by atoms with Gasteiger partial charge in [-0.1, -0.05) is 60.7 Å². The molecule has 2 aliphatic rings. The molecule has 0 unspecified atom stereocenters. The van der Waals surface area contributed by atoms with Crippen molar-refractivity contribution in [1.82, 2.24) is 0 Å². The number of anilines is 1. The molecule has 3 aromatic carbocycles. The van der Waals surface area contributed by atoms with Crippen molar-refractivity contribution in [2.24, 2.45) is 0 Å². The molecule has 3 heteroatoms. The van der Waals surface area contributed by atoms with Gasteiger partial charge in [-0.25, -0.2) is 0 Å². The molecule has 0 spiro atoms. The van der Waals surface area contributed by atoms with Crippen LogP contribution in [0.2, 0.25) is 0 Å². The Kier molecular flexibility index (Phi) is 3.96. The molecule has 3 aromatic rings.